The summed E-state index contributed by atoms with van der Waals surface area (Å²) in [5, 5.41) is 21.2. The monoisotopic (exact) mass is 440 g/mol. The van der Waals surface area contributed by atoms with Gasteiger partial charge < -0.3 is 25.2 Å². The number of nitrogens with zero attached hydrogens (tertiary/aromatic N) is 3. The molecule has 3 rings (SSSR count). The van der Waals surface area contributed by atoms with E-state index in [9.17, 15) is 14.7 Å². The summed E-state index contributed by atoms with van der Waals surface area (Å²) in [6.07, 6.45) is 5.86. The number of aliphatic hydroxyl groups is 2. The Hall–Kier alpha value is -3.30. The normalized spacial score (nSPS) is 15.5. The molecule has 0 saturated heterocycles. The van der Waals surface area contributed by atoms with Crippen LogP contribution >= 0.6 is 0 Å². The Morgan fingerprint density at radius 1 is 1.25 bits per heavy atom. The fraction of sp³-hybridized carbons (Fsp3) is 0.391. The molecular formula is C23H28N4O5. The first-order chi connectivity index (χ1) is 15.4. The van der Waals surface area contributed by atoms with Gasteiger partial charge in [0.15, 0.2) is 5.82 Å². The molecule has 0 spiro atoms. The Labute approximate surface area is 186 Å². The molecule has 0 radical (unpaired) electrons. The maximum absolute atomic E-state index is 12.9. The third-order valence-corrected chi connectivity index (χ3v) is 4.94. The van der Waals surface area contributed by atoms with Crippen LogP contribution in [0.2, 0.25) is 0 Å². The molecule has 1 aromatic carbocycles. The predicted octanol–water partition coefficient (Wildman–Crippen LogP) is 1.53. The first kappa shape index (κ1) is 23.4. The van der Waals surface area contributed by atoms with Crippen LogP contribution in [-0.2, 0) is 16.0 Å². The molecule has 2 atom stereocenters. The third kappa shape index (κ3) is 6.35. The van der Waals surface area contributed by atoms with Crippen molar-refractivity contribution in [3.63, 3.8) is 0 Å². The molecule has 9 heteroatoms. The Balaban J connectivity index is 1.65. The zero-order valence-corrected chi connectivity index (χ0v) is 18.1. The highest BCUT2D eigenvalue weighted by atomic mass is 16.5. The minimum Gasteiger partial charge on any atom is -0.460 e. The van der Waals surface area contributed by atoms with Crippen molar-refractivity contribution in [1.29, 1.82) is 0 Å². The second-order valence-corrected chi connectivity index (χ2v) is 8.09. The zero-order chi connectivity index (χ0) is 23.1. The van der Waals surface area contributed by atoms with E-state index in [4.69, 9.17) is 9.84 Å². The number of nitrogens with one attached hydrogen (secondary N) is 1. The molecule has 9 nitrogen and oxygen atoms in total. The molecule has 1 aromatic heterocycles. The summed E-state index contributed by atoms with van der Waals surface area (Å²) in [6.45, 7) is 3.85. The quantitative estimate of drug-likeness (QED) is 0.512. The van der Waals surface area contributed by atoms with E-state index in [2.05, 4.69) is 15.3 Å². The molecule has 2 amide bonds. The summed E-state index contributed by atoms with van der Waals surface area (Å²) >= 11 is 0. The van der Waals surface area contributed by atoms with Crippen molar-refractivity contribution >= 4 is 17.6 Å². The maximum atomic E-state index is 12.9. The number of hydrogen-bond donors (Lipinski definition) is 3. The summed E-state index contributed by atoms with van der Waals surface area (Å²) in [5.74, 6) is 0.884. The van der Waals surface area contributed by atoms with Crippen molar-refractivity contribution in [3.05, 3.63) is 60.3 Å². The van der Waals surface area contributed by atoms with Crippen LogP contribution in [0, 0.1) is 5.92 Å². The van der Waals surface area contributed by atoms with E-state index < -0.39 is 12.1 Å². The molecule has 1 aliphatic rings. The van der Waals surface area contributed by atoms with Gasteiger partial charge in [-0.25, -0.2) is 4.98 Å². The van der Waals surface area contributed by atoms with Gasteiger partial charge in [-0.2, -0.15) is 0 Å². The average molecular weight is 441 g/mol. The number of anilines is 1. The number of hydrogen-bond acceptors (Lipinski definition) is 7. The van der Waals surface area contributed by atoms with Crippen LogP contribution in [0.1, 0.15) is 25.8 Å². The lowest BCUT2D eigenvalue weighted by Crippen LogP contribution is -2.46. The van der Waals surface area contributed by atoms with Crippen LogP contribution in [0.4, 0.5) is 5.82 Å². The number of aromatic nitrogens is 2. The molecule has 170 valence electrons. The Morgan fingerprint density at radius 2 is 2.00 bits per heavy atom. The molecule has 0 fully saturated rings. The molecule has 0 aliphatic carbocycles. The van der Waals surface area contributed by atoms with Crippen molar-refractivity contribution in [3.8, 4) is 5.75 Å². The Kier molecular flexibility index (Phi) is 7.91. The van der Waals surface area contributed by atoms with Crippen molar-refractivity contribution in [2.45, 2.75) is 38.8 Å². The average Bonchev–Trinajstić information content (AvgIpc) is 3.13. The highest BCUT2D eigenvalue weighted by Gasteiger charge is 2.34. The molecule has 0 saturated carbocycles. The van der Waals surface area contributed by atoms with Crippen molar-refractivity contribution in [1.82, 2.24) is 14.9 Å². The number of benzene rings is 1. The van der Waals surface area contributed by atoms with Crippen LogP contribution in [0.25, 0.3) is 0 Å². The Bertz CT molecular complexity index is 947. The van der Waals surface area contributed by atoms with Crippen LogP contribution in [-0.4, -0.2) is 62.2 Å². The van der Waals surface area contributed by atoms with Gasteiger partial charge in [0.25, 0.3) is 5.91 Å². The van der Waals surface area contributed by atoms with E-state index >= 15 is 0 Å². The number of aliphatic hydroxyl groups excluding tert-OH is 2. The zero-order valence-electron chi connectivity index (χ0n) is 18.1. The van der Waals surface area contributed by atoms with Gasteiger partial charge in [0.2, 0.25) is 5.91 Å². The molecule has 2 aromatic rings. The molecule has 32 heavy (non-hydrogen) atoms. The van der Waals surface area contributed by atoms with Crippen LogP contribution in [0.3, 0.4) is 0 Å². The number of amides is 2. The van der Waals surface area contributed by atoms with Crippen molar-refractivity contribution < 1.29 is 24.5 Å². The largest absolute Gasteiger partial charge is 0.460 e. The number of ether oxygens (including phenoxy) is 1. The van der Waals surface area contributed by atoms with Crippen LogP contribution < -0.4 is 10.1 Å². The number of rotatable bonds is 10. The second-order valence-electron chi connectivity index (χ2n) is 8.09. The highest BCUT2D eigenvalue weighted by molar-refractivity contribution is 5.99. The fourth-order valence-electron chi connectivity index (χ4n) is 3.41. The smallest absolute Gasteiger partial charge is 0.251 e. The van der Waals surface area contributed by atoms with E-state index in [0.29, 0.717) is 30.2 Å². The fourth-order valence-corrected chi connectivity index (χ4v) is 3.41. The lowest BCUT2D eigenvalue weighted by Gasteiger charge is -2.28. The second kappa shape index (κ2) is 10.8. The van der Waals surface area contributed by atoms with Crippen LogP contribution in [0.15, 0.2) is 54.7 Å². The lowest BCUT2D eigenvalue weighted by atomic mass is 10.0. The van der Waals surface area contributed by atoms with Gasteiger partial charge in [-0.05, 0) is 30.0 Å². The van der Waals surface area contributed by atoms with E-state index in [1.807, 2.05) is 13.8 Å². The Morgan fingerprint density at radius 3 is 2.62 bits per heavy atom. The molecule has 3 N–H and O–H groups in total. The SMILES string of the molecule is CC(C)CC(C(=O)Nc1cnccn1)N1CC(Oc2ccc(C[C@H](O)CO)cc2)=CC1=O. The molecule has 2 heterocycles. The number of carbonyl (C=O) groups is 2. The lowest BCUT2D eigenvalue weighted by molar-refractivity contribution is -0.133. The van der Waals surface area contributed by atoms with Gasteiger partial charge in [-0.15, -0.1) is 0 Å². The van der Waals surface area contributed by atoms with E-state index in [1.54, 1.807) is 24.3 Å². The van der Waals surface area contributed by atoms with Crippen molar-refractivity contribution in [2.75, 3.05) is 18.5 Å². The third-order valence-electron chi connectivity index (χ3n) is 4.94. The van der Waals surface area contributed by atoms with E-state index in [-0.39, 0.29) is 30.9 Å². The minimum atomic E-state index is -0.809. The molecular weight excluding hydrogens is 412 g/mol. The summed E-state index contributed by atoms with van der Waals surface area (Å²) in [4.78, 5) is 35.1. The van der Waals surface area contributed by atoms with Gasteiger partial charge in [0.05, 0.1) is 25.5 Å². The van der Waals surface area contributed by atoms with Gasteiger partial charge in [-0.3, -0.25) is 14.6 Å². The first-order valence-corrected chi connectivity index (χ1v) is 10.5. The van der Waals surface area contributed by atoms with Gasteiger partial charge >= 0.3 is 0 Å². The minimum absolute atomic E-state index is 0.176. The molecule has 1 aliphatic heterocycles. The summed E-state index contributed by atoms with van der Waals surface area (Å²) in [7, 11) is 0. The summed E-state index contributed by atoms with van der Waals surface area (Å²) in [5.41, 5.74) is 0.856. The van der Waals surface area contributed by atoms with E-state index in [0.717, 1.165) is 5.56 Å². The van der Waals surface area contributed by atoms with Gasteiger partial charge in [0.1, 0.15) is 17.6 Å². The first-order valence-electron chi connectivity index (χ1n) is 10.5. The maximum Gasteiger partial charge on any atom is 0.251 e. The number of carbonyl (C=O) groups excluding carboxylic acids is 2. The van der Waals surface area contributed by atoms with Gasteiger partial charge in [0, 0.05) is 24.9 Å². The molecule has 0 bridgehead atoms. The highest BCUT2D eigenvalue weighted by Crippen LogP contribution is 2.23. The molecule has 1 unspecified atom stereocenters. The standard InChI is InChI=1S/C23H28N4O5/c1-15(2)9-20(23(31)26-21-12-24-7-8-25-21)27-13-19(11-22(27)30)32-18-5-3-16(4-6-18)10-17(29)14-28/h3-8,11-12,15,17,20,28-29H,9-10,13-14H2,1-2H3,(H,25,26,31)/t17-,20?/m0/s1. The van der Waals surface area contributed by atoms with Crippen molar-refractivity contribution in [2.24, 2.45) is 5.92 Å². The van der Waals surface area contributed by atoms with Crippen LogP contribution in [0.5, 0.6) is 5.75 Å². The van der Waals surface area contributed by atoms with E-state index in [1.165, 1.54) is 29.6 Å². The van der Waals surface area contributed by atoms with Gasteiger partial charge in [-0.1, -0.05) is 26.0 Å². The summed E-state index contributed by atoms with van der Waals surface area (Å²) in [6, 6.07) is 6.38. The predicted molar refractivity (Wildman–Crippen MR) is 118 cm³/mol. The summed E-state index contributed by atoms with van der Waals surface area (Å²) < 4.78 is 5.85. The topological polar surface area (TPSA) is 125 Å².